The smallest absolute Gasteiger partial charge is 0.193 e. The van der Waals surface area contributed by atoms with Crippen molar-refractivity contribution in [2.45, 2.75) is 20.3 Å². The molecule has 0 amide bonds. The zero-order chi connectivity index (χ0) is 13.1. The van der Waals surface area contributed by atoms with Gasteiger partial charge in [0, 0.05) is 15.6 Å². The van der Waals surface area contributed by atoms with Crippen LogP contribution in [0.5, 0.6) is 0 Å². The fourth-order valence-corrected chi connectivity index (χ4v) is 2.32. The molecule has 2 aromatic carbocycles. The molecule has 0 fully saturated rings. The first-order chi connectivity index (χ1) is 8.63. The highest BCUT2D eigenvalue weighted by Crippen LogP contribution is 2.21. The molecular formula is C16H15BrO. The van der Waals surface area contributed by atoms with Crippen LogP contribution in [0.15, 0.2) is 46.9 Å². The van der Waals surface area contributed by atoms with Crippen LogP contribution in [-0.2, 0) is 6.42 Å². The Labute approximate surface area is 116 Å². The van der Waals surface area contributed by atoms with E-state index in [2.05, 4.69) is 22.9 Å². The van der Waals surface area contributed by atoms with Crippen molar-refractivity contribution in [1.29, 1.82) is 0 Å². The molecule has 0 saturated carbocycles. The van der Waals surface area contributed by atoms with Gasteiger partial charge in [-0.3, -0.25) is 4.79 Å². The van der Waals surface area contributed by atoms with Crippen LogP contribution in [0, 0.1) is 6.92 Å². The summed E-state index contributed by atoms with van der Waals surface area (Å²) >= 11 is 3.47. The molecule has 0 bridgehead atoms. The Morgan fingerprint density at radius 3 is 2.56 bits per heavy atom. The maximum Gasteiger partial charge on any atom is 0.193 e. The number of carbonyl (C=O) groups excluding carboxylic acids is 1. The van der Waals surface area contributed by atoms with Gasteiger partial charge in [-0.1, -0.05) is 59.3 Å². The summed E-state index contributed by atoms with van der Waals surface area (Å²) in [4.78, 5) is 12.5. The first kappa shape index (κ1) is 13.0. The van der Waals surface area contributed by atoms with Gasteiger partial charge in [0.15, 0.2) is 5.78 Å². The summed E-state index contributed by atoms with van der Waals surface area (Å²) in [5, 5.41) is 0. The maximum absolute atomic E-state index is 12.5. The molecule has 0 aliphatic carbocycles. The molecular weight excluding hydrogens is 288 g/mol. The second-order valence-electron chi connectivity index (χ2n) is 4.30. The van der Waals surface area contributed by atoms with Crippen molar-refractivity contribution < 1.29 is 4.79 Å². The summed E-state index contributed by atoms with van der Waals surface area (Å²) in [7, 11) is 0. The fraction of sp³-hybridized carbons (Fsp3) is 0.188. The van der Waals surface area contributed by atoms with Gasteiger partial charge in [0.1, 0.15) is 0 Å². The Kier molecular flexibility index (Phi) is 3.97. The van der Waals surface area contributed by atoms with E-state index in [1.807, 2.05) is 49.4 Å². The van der Waals surface area contributed by atoms with Crippen LogP contribution in [0.1, 0.15) is 34.0 Å². The van der Waals surface area contributed by atoms with Gasteiger partial charge in [0.05, 0.1) is 0 Å². The summed E-state index contributed by atoms with van der Waals surface area (Å²) in [6.45, 7) is 4.08. The van der Waals surface area contributed by atoms with Crippen LogP contribution in [-0.4, -0.2) is 5.78 Å². The van der Waals surface area contributed by atoms with Crippen molar-refractivity contribution in [2.75, 3.05) is 0 Å². The summed E-state index contributed by atoms with van der Waals surface area (Å²) in [6.07, 6.45) is 0.870. The number of ketones is 1. The van der Waals surface area contributed by atoms with E-state index in [4.69, 9.17) is 0 Å². The second-order valence-corrected chi connectivity index (χ2v) is 5.16. The van der Waals surface area contributed by atoms with Gasteiger partial charge in [-0.05, 0) is 30.5 Å². The molecule has 2 rings (SSSR count). The standard InChI is InChI=1S/C16H15BrO/c1-3-12-6-4-5-7-14(12)16(18)13-9-8-11(2)15(17)10-13/h4-10H,3H2,1-2H3. The molecule has 92 valence electrons. The van der Waals surface area contributed by atoms with E-state index in [1.165, 1.54) is 0 Å². The van der Waals surface area contributed by atoms with Crippen molar-refractivity contribution in [3.05, 3.63) is 69.2 Å². The van der Waals surface area contributed by atoms with Gasteiger partial charge in [0.25, 0.3) is 0 Å². The Hall–Kier alpha value is -1.41. The Morgan fingerprint density at radius 2 is 1.89 bits per heavy atom. The molecule has 0 aliphatic rings. The van der Waals surface area contributed by atoms with Crippen LogP contribution in [0.25, 0.3) is 0 Å². The minimum absolute atomic E-state index is 0.0909. The summed E-state index contributed by atoms with van der Waals surface area (Å²) in [5.41, 5.74) is 3.76. The first-order valence-corrected chi connectivity index (χ1v) is 6.81. The zero-order valence-electron chi connectivity index (χ0n) is 10.5. The SMILES string of the molecule is CCc1ccccc1C(=O)c1ccc(C)c(Br)c1. The third kappa shape index (κ3) is 2.54. The molecule has 18 heavy (non-hydrogen) atoms. The molecule has 1 nitrogen and oxygen atoms in total. The van der Waals surface area contributed by atoms with E-state index < -0.39 is 0 Å². The minimum Gasteiger partial charge on any atom is -0.289 e. The third-order valence-corrected chi connectivity index (χ3v) is 3.93. The molecule has 0 radical (unpaired) electrons. The Bertz CT molecular complexity index is 587. The molecule has 0 spiro atoms. The van der Waals surface area contributed by atoms with Crippen molar-refractivity contribution in [1.82, 2.24) is 0 Å². The number of hydrogen-bond donors (Lipinski definition) is 0. The maximum atomic E-state index is 12.5. The van der Waals surface area contributed by atoms with Crippen LogP contribution < -0.4 is 0 Å². The predicted molar refractivity (Wildman–Crippen MR) is 78.1 cm³/mol. The lowest BCUT2D eigenvalue weighted by Crippen LogP contribution is -2.05. The van der Waals surface area contributed by atoms with E-state index in [0.29, 0.717) is 0 Å². The highest BCUT2D eigenvalue weighted by atomic mass is 79.9. The average molecular weight is 303 g/mol. The highest BCUT2D eigenvalue weighted by molar-refractivity contribution is 9.10. The normalized spacial score (nSPS) is 10.4. The lowest BCUT2D eigenvalue weighted by Gasteiger charge is -2.08. The highest BCUT2D eigenvalue weighted by Gasteiger charge is 2.12. The van der Waals surface area contributed by atoms with E-state index in [-0.39, 0.29) is 5.78 Å². The first-order valence-electron chi connectivity index (χ1n) is 6.02. The van der Waals surface area contributed by atoms with Crippen LogP contribution in [0.2, 0.25) is 0 Å². The molecule has 0 unspecified atom stereocenters. The molecule has 2 heteroatoms. The van der Waals surface area contributed by atoms with E-state index in [1.54, 1.807) is 0 Å². The molecule has 0 saturated heterocycles. The number of rotatable bonds is 3. The molecule has 0 aromatic heterocycles. The third-order valence-electron chi connectivity index (χ3n) is 3.08. The quantitative estimate of drug-likeness (QED) is 0.760. The number of halogens is 1. The van der Waals surface area contributed by atoms with Crippen LogP contribution in [0.4, 0.5) is 0 Å². The topological polar surface area (TPSA) is 17.1 Å². The largest absolute Gasteiger partial charge is 0.289 e. The minimum atomic E-state index is 0.0909. The van der Waals surface area contributed by atoms with Crippen molar-refractivity contribution in [3.63, 3.8) is 0 Å². The monoisotopic (exact) mass is 302 g/mol. The predicted octanol–water partition coefficient (Wildman–Crippen LogP) is 4.55. The van der Waals surface area contributed by atoms with Gasteiger partial charge in [-0.25, -0.2) is 0 Å². The van der Waals surface area contributed by atoms with E-state index >= 15 is 0 Å². The zero-order valence-corrected chi connectivity index (χ0v) is 12.1. The van der Waals surface area contributed by atoms with Crippen molar-refractivity contribution in [2.24, 2.45) is 0 Å². The van der Waals surface area contributed by atoms with E-state index in [0.717, 1.165) is 33.1 Å². The summed E-state index contributed by atoms with van der Waals surface area (Å²) < 4.78 is 0.974. The molecule has 2 aromatic rings. The molecule has 0 aliphatic heterocycles. The number of hydrogen-bond acceptors (Lipinski definition) is 1. The number of carbonyl (C=O) groups is 1. The van der Waals surface area contributed by atoms with Gasteiger partial charge in [-0.2, -0.15) is 0 Å². The van der Waals surface area contributed by atoms with Crippen LogP contribution >= 0.6 is 15.9 Å². The van der Waals surface area contributed by atoms with E-state index in [9.17, 15) is 4.79 Å². The lowest BCUT2D eigenvalue weighted by atomic mass is 9.96. The van der Waals surface area contributed by atoms with Crippen molar-refractivity contribution in [3.8, 4) is 0 Å². The molecule has 0 atom stereocenters. The number of benzene rings is 2. The Balaban J connectivity index is 2.44. The average Bonchev–Trinajstić information content (AvgIpc) is 2.41. The summed E-state index contributed by atoms with van der Waals surface area (Å²) in [5.74, 6) is 0.0909. The van der Waals surface area contributed by atoms with Gasteiger partial charge < -0.3 is 0 Å². The second kappa shape index (κ2) is 5.49. The van der Waals surface area contributed by atoms with Gasteiger partial charge in [0.2, 0.25) is 0 Å². The van der Waals surface area contributed by atoms with Gasteiger partial charge >= 0.3 is 0 Å². The molecule has 0 N–H and O–H groups in total. The number of aryl methyl sites for hydroxylation is 2. The summed E-state index contributed by atoms with van der Waals surface area (Å²) in [6, 6.07) is 13.5. The van der Waals surface area contributed by atoms with Crippen molar-refractivity contribution >= 4 is 21.7 Å². The van der Waals surface area contributed by atoms with Crippen LogP contribution in [0.3, 0.4) is 0 Å². The van der Waals surface area contributed by atoms with Gasteiger partial charge in [-0.15, -0.1) is 0 Å². The Morgan fingerprint density at radius 1 is 1.17 bits per heavy atom. The fourth-order valence-electron chi connectivity index (χ4n) is 1.94. The lowest BCUT2D eigenvalue weighted by molar-refractivity contribution is 0.103. The molecule has 0 heterocycles.